The first-order valence-corrected chi connectivity index (χ1v) is 4.78. The van der Waals surface area contributed by atoms with E-state index in [9.17, 15) is 0 Å². The van der Waals surface area contributed by atoms with Crippen LogP contribution < -0.4 is 0 Å². The minimum atomic E-state index is 0.213. The molecule has 4 nitrogen and oxygen atoms in total. The van der Waals surface area contributed by atoms with E-state index >= 15 is 0 Å². The van der Waals surface area contributed by atoms with E-state index in [-0.39, 0.29) is 6.79 Å². The van der Waals surface area contributed by atoms with Gasteiger partial charge in [0, 0.05) is 7.11 Å². The van der Waals surface area contributed by atoms with Gasteiger partial charge in [-0.05, 0) is 17.7 Å². The van der Waals surface area contributed by atoms with Crippen LogP contribution in [0.3, 0.4) is 0 Å². The molecule has 88 valence electrons. The van der Waals surface area contributed by atoms with Crippen molar-refractivity contribution >= 4 is 0 Å². The van der Waals surface area contributed by atoms with Gasteiger partial charge in [-0.25, -0.2) is 0 Å². The highest BCUT2D eigenvalue weighted by Crippen LogP contribution is 2.04. The van der Waals surface area contributed by atoms with Crippen molar-refractivity contribution in [3.8, 4) is 6.07 Å². The SMILES string of the molecule is C=C/C(=C\C=C(\CC#N)COCOC)OC. The molecule has 0 aliphatic rings. The van der Waals surface area contributed by atoms with E-state index in [2.05, 4.69) is 12.6 Å². The van der Waals surface area contributed by atoms with Crippen molar-refractivity contribution in [2.24, 2.45) is 0 Å². The lowest BCUT2D eigenvalue weighted by molar-refractivity contribution is -0.0214. The molecule has 0 saturated carbocycles. The molecular weight excluding hydrogens is 206 g/mol. The number of nitriles is 1. The molecule has 0 aromatic carbocycles. The first-order valence-electron chi connectivity index (χ1n) is 4.78. The third-order valence-corrected chi connectivity index (χ3v) is 1.71. The van der Waals surface area contributed by atoms with Gasteiger partial charge in [-0.15, -0.1) is 0 Å². The minimum absolute atomic E-state index is 0.213. The Balaban J connectivity index is 4.39. The molecule has 0 radical (unpaired) electrons. The van der Waals surface area contributed by atoms with Gasteiger partial charge in [-0.3, -0.25) is 0 Å². The normalized spacial score (nSPS) is 12.1. The molecule has 4 heteroatoms. The Bertz CT molecular complexity index is 300. The summed E-state index contributed by atoms with van der Waals surface area (Å²) in [7, 11) is 3.11. The number of rotatable bonds is 8. The Kier molecular flexibility index (Phi) is 8.99. The average molecular weight is 223 g/mol. The summed E-state index contributed by atoms with van der Waals surface area (Å²) >= 11 is 0. The number of methoxy groups -OCH3 is 2. The van der Waals surface area contributed by atoms with Crippen molar-refractivity contribution < 1.29 is 14.2 Å². The number of hydrogen-bond donors (Lipinski definition) is 0. The van der Waals surface area contributed by atoms with Crippen LogP contribution in [0, 0.1) is 11.3 Å². The highest BCUT2D eigenvalue weighted by Gasteiger charge is 1.96. The van der Waals surface area contributed by atoms with Crippen molar-refractivity contribution in [2.75, 3.05) is 27.6 Å². The predicted octanol–water partition coefficient (Wildman–Crippen LogP) is 2.16. The van der Waals surface area contributed by atoms with E-state index < -0.39 is 0 Å². The zero-order valence-corrected chi connectivity index (χ0v) is 9.73. The average Bonchev–Trinajstić information content (AvgIpc) is 2.30. The van der Waals surface area contributed by atoms with E-state index in [0.717, 1.165) is 5.57 Å². The van der Waals surface area contributed by atoms with Gasteiger partial charge in [0.05, 0.1) is 26.2 Å². The topological polar surface area (TPSA) is 51.5 Å². The van der Waals surface area contributed by atoms with Gasteiger partial charge >= 0.3 is 0 Å². The highest BCUT2D eigenvalue weighted by molar-refractivity contribution is 5.22. The van der Waals surface area contributed by atoms with Crippen LogP contribution in [0.4, 0.5) is 0 Å². The molecular formula is C12H17NO3. The van der Waals surface area contributed by atoms with Crippen LogP contribution in [-0.4, -0.2) is 27.6 Å². The predicted molar refractivity (Wildman–Crippen MR) is 61.4 cm³/mol. The van der Waals surface area contributed by atoms with Crippen LogP contribution in [0.15, 0.2) is 36.1 Å². The molecule has 0 saturated heterocycles. The quantitative estimate of drug-likeness (QED) is 0.274. The third-order valence-electron chi connectivity index (χ3n) is 1.71. The second-order valence-corrected chi connectivity index (χ2v) is 2.89. The maximum Gasteiger partial charge on any atom is 0.146 e. The van der Waals surface area contributed by atoms with Crippen LogP contribution in [0.2, 0.25) is 0 Å². The van der Waals surface area contributed by atoms with E-state index in [1.54, 1.807) is 32.4 Å². The summed E-state index contributed by atoms with van der Waals surface area (Å²) in [6.07, 6.45) is 5.44. The highest BCUT2D eigenvalue weighted by atomic mass is 16.7. The number of allylic oxidation sites excluding steroid dienone is 3. The molecule has 0 unspecified atom stereocenters. The van der Waals surface area contributed by atoms with Gasteiger partial charge < -0.3 is 14.2 Å². The third kappa shape index (κ3) is 6.82. The molecule has 0 N–H and O–H groups in total. The van der Waals surface area contributed by atoms with Gasteiger partial charge in [-0.2, -0.15) is 5.26 Å². The second kappa shape index (κ2) is 9.97. The van der Waals surface area contributed by atoms with Gasteiger partial charge in [0.1, 0.15) is 12.6 Å². The first-order chi connectivity index (χ1) is 7.78. The molecule has 0 aromatic rings. The van der Waals surface area contributed by atoms with Gasteiger partial charge in [0.15, 0.2) is 0 Å². The van der Waals surface area contributed by atoms with Crippen molar-refractivity contribution in [1.29, 1.82) is 5.26 Å². The summed E-state index contributed by atoms with van der Waals surface area (Å²) in [6, 6.07) is 2.07. The molecule has 0 aliphatic carbocycles. The standard InChI is InChI=1S/C12H17NO3/c1-4-12(15-3)6-5-11(7-8-13)9-16-10-14-2/h4-6H,1,7,9-10H2,2-3H3/b11-5-,12-6+. The zero-order valence-electron chi connectivity index (χ0n) is 9.73. The molecule has 0 rings (SSSR count). The summed E-state index contributed by atoms with van der Waals surface area (Å²) in [5, 5.41) is 8.62. The Morgan fingerprint density at radius 1 is 1.38 bits per heavy atom. The van der Waals surface area contributed by atoms with Crippen LogP contribution in [-0.2, 0) is 14.2 Å². The van der Waals surface area contributed by atoms with Crippen molar-refractivity contribution in [3.05, 3.63) is 36.1 Å². The lowest BCUT2D eigenvalue weighted by atomic mass is 10.2. The van der Waals surface area contributed by atoms with Gasteiger partial charge in [-0.1, -0.05) is 12.7 Å². The number of hydrogen-bond acceptors (Lipinski definition) is 4. The van der Waals surface area contributed by atoms with E-state index in [4.69, 9.17) is 19.5 Å². The smallest absolute Gasteiger partial charge is 0.146 e. The van der Waals surface area contributed by atoms with Crippen molar-refractivity contribution in [2.45, 2.75) is 6.42 Å². The first kappa shape index (κ1) is 14.4. The van der Waals surface area contributed by atoms with Gasteiger partial charge in [0.25, 0.3) is 0 Å². The molecule has 0 aromatic heterocycles. The molecule has 0 spiro atoms. The number of ether oxygens (including phenoxy) is 3. The van der Waals surface area contributed by atoms with Crippen molar-refractivity contribution in [3.63, 3.8) is 0 Å². The monoisotopic (exact) mass is 223 g/mol. The minimum Gasteiger partial charge on any atom is -0.497 e. The van der Waals surface area contributed by atoms with E-state index in [1.165, 1.54) is 0 Å². The molecule has 0 aliphatic heterocycles. The summed E-state index contributed by atoms with van der Waals surface area (Å²) in [5.41, 5.74) is 0.857. The Hall–Kier alpha value is -1.57. The van der Waals surface area contributed by atoms with Crippen LogP contribution in [0.25, 0.3) is 0 Å². The molecule has 0 atom stereocenters. The summed E-state index contributed by atoms with van der Waals surface area (Å²) < 4.78 is 14.9. The molecule has 0 fully saturated rings. The van der Waals surface area contributed by atoms with Crippen LogP contribution >= 0.6 is 0 Å². The lowest BCUT2D eigenvalue weighted by Crippen LogP contribution is -2.01. The summed E-state index contributed by atoms with van der Waals surface area (Å²) in [4.78, 5) is 0. The fourth-order valence-electron chi connectivity index (χ4n) is 0.935. The molecule has 0 amide bonds. The Labute approximate surface area is 96.4 Å². The Morgan fingerprint density at radius 3 is 2.62 bits per heavy atom. The summed E-state index contributed by atoms with van der Waals surface area (Å²) in [5.74, 6) is 0.641. The number of nitrogens with zero attached hydrogens (tertiary/aromatic N) is 1. The van der Waals surface area contributed by atoms with Crippen molar-refractivity contribution in [1.82, 2.24) is 0 Å². The molecule has 16 heavy (non-hydrogen) atoms. The lowest BCUT2D eigenvalue weighted by Gasteiger charge is -2.04. The fourth-order valence-corrected chi connectivity index (χ4v) is 0.935. The van der Waals surface area contributed by atoms with E-state index in [1.807, 2.05) is 0 Å². The second-order valence-electron chi connectivity index (χ2n) is 2.89. The van der Waals surface area contributed by atoms with Gasteiger partial charge in [0.2, 0.25) is 0 Å². The molecule has 0 heterocycles. The fraction of sp³-hybridized carbons (Fsp3) is 0.417. The maximum absolute atomic E-state index is 8.62. The Morgan fingerprint density at radius 2 is 2.12 bits per heavy atom. The largest absolute Gasteiger partial charge is 0.497 e. The van der Waals surface area contributed by atoms with Crippen LogP contribution in [0.5, 0.6) is 0 Å². The maximum atomic E-state index is 8.62. The molecule has 0 bridgehead atoms. The zero-order chi connectivity index (χ0) is 12.2. The summed E-state index contributed by atoms with van der Waals surface area (Å²) in [6.45, 7) is 4.17. The van der Waals surface area contributed by atoms with Crippen LogP contribution in [0.1, 0.15) is 6.42 Å². The van der Waals surface area contributed by atoms with E-state index in [0.29, 0.717) is 18.8 Å².